The van der Waals surface area contributed by atoms with Gasteiger partial charge < -0.3 is 14.6 Å². The number of benzene rings is 1. The summed E-state index contributed by atoms with van der Waals surface area (Å²) < 4.78 is 22.5. The van der Waals surface area contributed by atoms with Crippen molar-refractivity contribution in [2.45, 2.75) is 13.3 Å². The number of halogens is 1. The van der Waals surface area contributed by atoms with Gasteiger partial charge in [0.05, 0.1) is 20.8 Å². The van der Waals surface area contributed by atoms with Crippen LogP contribution in [0.15, 0.2) is 12.1 Å². The molecule has 0 aliphatic rings. The van der Waals surface area contributed by atoms with Crippen molar-refractivity contribution in [2.75, 3.05) is 14.2 Å². The number of alkyl halides is 1. The molecule has 0 aromatic heterocycles. The zero-order valence-corrected chi connectivity index (χ0v) is 8.21. The molecule has 3 nitrogen and oxygen atoms in total. The Bertz CT molecular complexity index is 287. The van der Waals surface area contributed by atoms with Gasteiger partial charge in [-0.05, 0) is 17.7 Å². The van der Waals surface area contributed by atoms with Gasteiger partial charge in [0.25, 0.3) is 0 Å². The van der Waals surface area contributed by atoms with Crippen LogP contribution in [0.3, 0.4) is 0 Å². The second-order valence-electron chi connectivity index (χ2n) is 2.78. The van der Waals surface area contributed by atoms with Gasteiger partial charge in [0.2, 0.25) is 0 Å². The molecular formula is C10H13FO3. The highest BCUT2D eigenvalue weighted by molar-refractivity contribution is 5.49. The zero-order valence-electron chi connectivity index (χ0n) is 8.21. The lowest BCUT2D eigenvalue weighted by molar-refractivity contribution is 0.269. The van der Waals surface area contributed by atoms with E-state index in [1.165, 1.54) is 14.2 Å². The maximum Gasteiger partial charge on any atom is 0.166 e. The van der Waals surface area contributed by atoms with Gasteiger partial charge in [-0.3, -0.25) is 0 Å². The van der Waals surface area contributed by atoms with Crippen LogP contribution in [0.1, 0.15) is 11.1 Å². The van der Waals surface area contributed by atoms with Crippen LogP contribution >= 0.6 is 0 Å². The van der Waals surface area contributed by atoms with Gasteiger partial charge in [-0.1, -0.05) is 0 Å². The van der Waals surface area contributed by atoms with Gasteiger partial charge >= 0.3 is 0 Å². The van der Waals surface area contributed by atoms with E-state index in [9.17, 15) is 4.39 Å². The predicted octanol–water partition coefficient (Wildman–Crippen LogP) is 1.67. The summed E-state index contributed by atoms with van der Waals surface area (Å²) in [4.78, 5) is 0. The summed E-state index contributed by atoms with van der Waals surface area (Å²) in [5.74, 6) is 0.888. The molecule has 0 amide bonds. The number of methoxy groups -OCH3 is 2. The van der Waals surface area contributed by atoms with Gasteiger partial charge in [0.15, 0.2) is 11.5 Å². The van der Waals surface area contributed by atoms with Crippen molar-refractivity contribution >= 4 is 0 Å². The summed E-state index contributed by atoms with van der Waals surface area (Å²) in [6.45, 7) is -0.791. The second kappa shape index (κ2) is 4.81. The second-order valence-corrected chi connectivity index (χ2v) is 2.78. The molecule has 1 rings (SSSR count). The quantitative estimate of drug-likeness (QED) is 0.803. The Hall–Kier alpha value is -1.29. The van der Waals surface area contributed by atoms with Crippen molar-refractivity contribution in [2.24, 2.45) is 0 Å². The summed E-state index contributed by atoms with van der Waals surface area (Å²) in [7, 11) is 2.95. The summed E-state index contributed by atoms with van der Waals surface area (Å²) in [6, 6.07) is 3.11. The molecule has 0 atom stereocenters. The van der Waals surface area contributed by atoms with Crippen molar-refractivity contribution in [1.82, 2.24) is 0 Å². The highest BCUT2D eigenvalue weighted by Crippen LogP contribution is 2.32. The number of aliphatic hydroxyl groups is 1. The van der Waals surface area contributed by atoms with Crippen molar-refractivity contribution < 1.29 is 19.0 Å². The summed E-state index contributed by atoms with van der Waals surface area (Å²) in [5, 5.41) is 9.03. The van der Waals surface area contributed by atoms with E-state index in [1.54, 1.807) is 12.1 Å². The number of rotatable bonds is 4. The van der Waals surface area contributed by atoms with E-state index in [0.29, 0.717) is 22.6 Å². The molecule has 1 N–H and O–H groups in total. The van der Waals surface area contributed by atoms with Gasteiger partial charge in [-0.25, -0.2) is 4.39 Å². The molecule has 0 aliphatic carbocycles. The van der Waals surface area contributed by atoms with Crippen molar-refractivity contribution in [3.8, 4) is 11.5 Å². The average Bonchev–Trinajstić information content (AvgIpc) is 2.26. The standard InChI is InChI=1S/C10H13FO3/c1-13-9-4-7(5-11)3-8(6-12)10(9)14-2/h3-4,12H,5-6H2,1-2H3. The maximum absolute atomic E-state index is 12.4. The first-order valence-electron chi connectivity index (χ1n) is 4.17. The van der Waals surface area contributed by atoms with Crippen LogP contribution in [-0.2, 0) is 13.3 Å². The fraction of sp³-hybridized carbons (Fsp3) is 0.400. The van der Waals surface area contributed by atoms with Crippen LogP contribution in [0.2, 0.25) is 0 Å². The number of hydrogen-bond acceptors (Lipinski definition) is 3. The monoisotopic (exact) mass is 200 g/mol. The predicted molar refractivity (Wildman–Crippen MR) is 50.3 cm³/mol. The van der Waals surface area contributed by atoms with E-state index >= 15 is 0 Å². The zero-order chi connectivity index (χ0) is 10.6. The summed E-state index contributed by atoms with van der Waals surface area (Å²) >= 11 is 0. The smallest absolute Gasteiger partial charge is 0.166 e. The van der Waals surface area contributed by atoms with Gasteiger partial charge in [0.1, 0.15) is 6.67 Å². The van der Waals surface area contributed by atoms with Crippen LogP contribution in [0, 0.1) is 0 Å². The molecule has 0 unspecified atom stereocenters. The van der Waals surface area contributed by atoms with Gasteiger partial charge in [-0.2, -0.15) is 0 Å². The van der Waals surface area contributed by atoms with E-state index in [4.69, 9.17) is 14.6 Å². The largest absolute Gasteiger partial charge is 0.493 e. The van der Waals surface area contributed by atoms with Crippen molar-refractivity contribution in [1.29, 1.82) is 0 Å². The highest BCUT2D eigenvalue weighted by atomic mass is 19.1. The van der Waals surface area contributed by atoms with Crippen LogP contribution in [0.4, 0.5) is 4.39 Å². The fourth-order valence-corrected chi connectivity index (χ4v) is 1.30. The molecule has 1 aromatic rings. The Kier molecular flexibility index (Phi) is 3.71. The van der Waals surface area contributed by atoms with E-state index in [1.807, 2.05) is 0 Å². The Morgan fingerprint density at radius 1 is 1.29 bits per heavy atom. The first kappa shape index (κ1) is 10.8. The SMILES string of the molecule is COc1cc(CF)cc(CO)c1OC. The third-order valence-corrected chi connectivity index (χ3v) is 1.94. The average molecular weight is 200 g/mol. The van der Waals surface area contributed by atoms with E-state index < -0.39 is 6.67 Å². The molecule has 0 spiro atoms. The minimum absolute atomic E-state index is 0.201. The molecule has 4 heteroatoms. The van der Waals surface area contributed by atoms with Crippen LogP contribution in [0.5, 0.6) is 11.5 Å². The summed E-state index contributed by atoms with van der Waals surface area (Å²) in [5.41, 5.74) is 0.992. The molecule has 14 heavy (non-hydrogen) atoms. The molecule has 78 valence electrons. The van der Waals surface area contributed by atoms with Crippen molar-refractivity contribution in [3.63, 3.8) is 0 Å². The molecule has 0 fully saturated rings. The third kappa shape index (κ3) is 1.96. The van der Waals surface area contributed by atoms with Gasteiger partial charge in [0, 0.05) is 5.56 Å². The molecule has 0 aliphatic heterocycles. The lowest BCUT2D eigenvalue weighted by atomic mass is 10.1. The van der Waals surface area contributed by atoms with Crippen LogP contribution < -0.4 is 9.47 Å². The van der Waals surface area contributed by atoms with E-state index in [0.717, 1.165) is 0 Å². The Labute approximate surface area is 82.1 Å². The third-order valence-electron chi connectivity index (χ3n) is 1.94. The lowest BCUT2D eigenvalue weighted by Crippen LogP contribution is -1.97. The minimum atomic E-state index is -0.590. The lowest BCUT2D eigenvalue weighted by Gasteiger charge is -2.12. The number of aliphatic hydroxyl groups excluding tert-OH is 1. The van der Waals surface area contributed by atoms with Crippen LogP contribution in [-0.4, -0.2) is 19.3 Å². The number of ether oxygens (including phenoxy) is 2. The van der Waals surface area contributed by atoms with Gasteiger partial charge in [-0.15, -0.1) is 0 Å². The molecule has 0 saturated heterocycles. The highest BCUT2D eigenvalue weighted by Gasteiger charge is 2.11. The normalized spacial score (nSPS) is 10.0. The molecule has 0 saturated carbocycles. The first-order chi connectivity index (χ1) is 6.76. The van der Waals surface area contributed by atoms with E-state index in [-0.39, 0.29) is 6.61 Å². The Morgan fingerprint density at radius 2 is 2.00 bits per heavy atom. The van der Waals surface area contributed by atoms with E-state index in [2.05, 4.69) is 0 Å². The van der Waals surface area contributed by atoms with Crippen molar-refractivity contribution in [3.05, 3.63) is 23.3 Å². The fourth-order valence-electron chi connectivity index (χ4n) is 1.30. The Balaban J connectivity index is 3.24. The molecule has 0 bridgehead atoms. The Morgan fingerprint density at radius 3 is 2.43 bits per heavy atom. The van der Waals surface area contributed by atoms with Crippen LogP contribution in [0.25, 0.3) is 0 Å². The molecule has 0 heterocycles. The maximum atomic E-state index is 12.4. The summed E-state index contributed by atoms with van der Waals surface area (Å²) in [6.07, 6.45) is 0. The number of hydrogen-bond donors (Lipinski definition) is 1. The minimum Gasteiger partial charge on any atom is -0.493 e. The topological polar surface area (TPSA) is 38.7 Å². The molecule has 1 aromatic carbocycles. The first-order valence-corrected chi connectivity index (χ1v) is 4.17. The molecular weight excluding hydrogens is 187 g/mol. The molecule has 0 radical (unpaired) electrons.